The van der Waals surface area contributed by atoms with Gasteiger partial charge in [-0.3, -0.25) is 9.78 Å². The summed E-state index contributed by atoms with van der Waals surface area (Å²) in [5, 5.41) is 5.03. The van der Waals surface area contributed by atoms with Gasteiger partial charge in [0.05, 0.1) is 5.52 Å². The highest BCUT2D eigenvalue weighted by atomic mass is 16.2. The summed E-state index contributed by atoms with van der Waals surface area (Å²) in [5.74, 6) is -0.163. The number of rotatable bonds is 5. The minimum atomic E-state index is -0.315. The molecule has 0 atom stereocenters. The summed E-state index contributed by atoms with van der Waals surface area (Å²) < 4.78 is 0. The van der Waals surface area contributed by atoms with E-state index in [2.05, 4.69) is 55.4 Å². The number of nitrogens with zero attached hydrogens (tertiary/aromatic N) is 4. The molecule has 5 rings (SSSR count). The van der Waals surface area contributed by atoms with Crippen LogP contribution in [0.4, 0.5) is 0 Å². The number of amides is 1. The standard InChI is InChI=1S/C25H22N6O/c1-15-3-4-22-19(7-15)8-17(12-27-22)9-20-5-6-26-24(31-20)25(32)30-14-18-10-21-16(2)11-28-23(21)29-13-18/h3-8,10-13H,9,14H2,1-2H3,(H,28,29)(H,30,32). The molecule has 4 aromatic heterocycles. The first-order chi connectivity index (χ1) is 15.5. The fraction of sp³-hybridized carbons (Fsp3) is 0.160. The van der Waals surface area contributed by atoms with Gasteiger partial charge < -0.3 is 10.3 Å². The fourth-order valence-corrected chi connectivity index (χ4v) is 3.74. The van der Waals surface area contributed by atoms with Crippen molar-refractivity contribution in [3.63, 3.8) is 0 Å². The van der Waals surface area contributed by atoms with E-state index in [0.29, 0.717) is 13.0 Å². The Bertz CT molecular complexity index is 1460. The number of nitrogens with one attached hydrogen (secondary N) is 2. The van der Waals surface area contributed by atoms with Crippen LogP contribution in [0.2, 0.25) is 0 Å². The molecule has 0 unspecified atom stereocenters. The first-order valence-electron chi connectivity index (χ1n) is 10.4. The molecule has 0 aliphatic rings. The van der Waals surface area contributed by atoms with Crippen molar-refractivity contribution >= 4 is 27.8 Å². The third kappa shape index (κ3) is 4.05. The first-order valence-corrected chi connectivity index (χ1v) is 10.4. The van der Waals surface area contributed by atoms with Crippen molar-refractivity contribution in [2.24, 2.45) is 0 Å². The molecule has 7 heteroatoms. The van der Waals surface area contributed by atoms with Crippen LogP contribution in [0.1, 0.15) is 38.6 Å². The van der Waals surface area contributed by atoms with Gasteiger partial charge in [-0.15, -0.1) is 0 Å². The summed E-state index contributed by atoms with van der Waals surface area (Å²) in [5.41, 5.74) is 6.84. The van der Waals surface area contributed by atoms with E-state index >= 15 is 0 Å². The average molecular weight is 422 g/mol. The number of carbonyl (C=O) groups excluding carboxylic acids is 1. The van der Waals surface area contributed by atoms with E-state index in [9.17, 15) is 4.79 Å². The predicted molar refractivity (Wildman–Crippen MR) is 123 cm³/mol. The van der Waals surface area contributed by atoms with Gasteiger partial charge in [-0.25, -0.2) is 15.0 Å². The van der Waals surface area contributed by atoms with Gasteiger partial charge in [0.15, 0.2) is 0 Å². The molecule has 0 aliphatic heterocycles. The maximum atomic E-state index is 12.6. The van der Waals surface area contributed by atoms with Crippen LogP contribution in [0, 0.1) is 13.8 Å². The molecule has 0 aliphatic carbocycles. The molecule has 0 radical (unpaired) electrons. The number of aromatic amines is 1. The molecule has 7 nitrogen and oxygen atoms in total. The molecule has 1 amide bonds. The molecule has 0 saturated carbocycles. The number of fused-ring (bicyclic) bond motifs is 2. The zero-order chi connectivity index (χ0) is 22.1. The molecule has 0 saturated heterocycles. The van der Waals surface area contributed by atoms with Gasteiger partial charge in [0.1, 0.15) is 5.65 Å². The van der Waals surface area contributed by atoms with Gasteiger partial charge >= 0.3 is 0 Å². The summed E-state index contributed by atoms with van der Waals surface area (Å²) in [4.78, 5) is 33.3. The molecular weight excluding hydrogens is 400 g/mol. The molecule has 2 N–H and O–H groups in total. The van der Waals surface area contributed by atoms with Crippen LogP contribution in [-0.4, -0.2) is 30.8 Å². The molecule has 4 heterocycles. The minimum absolute atomic E-state index is 0.152. The Kier molecular flexibility index (Phi) is 5.07. The zero-order valence-electron chi connectivity index (χ0n) is 17.9. The number of benzene rings is 1. The topological polar surface area (TPSA) is 96.5 Å². The molecule has 5 aromatic rings. The Morgan fingerprint density at radius 3 is 2.78 bits per heavy atom. The second-order valence-corrected chi connectivity index (χ2v) is 7.98. The minimum Gasteiger partial charge on any atom is -0.346 e. The van der Waals surface area contributed by atoms with Gasteiger partial charge in [0, 0.05) is 54.2 Å². The highest BCUT2D eigenvalue weighted by Gasteiger charge is 2.11. The number of H-pyrrole nitrogens is 1. The lowest BCUT2D eigenvalue weighted by atomic mass is 10.1. The van der Waals surface area contributed by atoms with Crippen LogP contribution in [0.25, 0.3) is 21.9 Å². The second kappa shape index (κ2) is 8.19. The van der Waals surface area contributed by atoms with E-state index in [1.54, 1.807) is 12.4 Å². The Labute approximate surface area is 185 Å². The molecule has 0 spiro atoms. The van der Waals surface area contributed by atoms with Crippen molar-refractivity contribution in [1.29, 1.82) is 0 Å². The monoisotopic (exact) mass is 422 g/mol. The quantitative estimate of drug-likeness (QED) is 0.446. The Hall–Kier alpha value is -4.13. The van der Waals surface area contributed by atoms with Crippen LogP contribution in [0.15, 0.2) is 61.2 Å². The third-order valence-electron chi connectivity index (χ3n) is 5.44. The SMILES string of the molecule is Cc1ccc2ncc(Cc3ccnc(C(=O)NCc4cnc5[nH]cc(C)c5c4)n3)cc2c1. The van der Waals surface area contributed by atoms with Gasteiger partial charge in [-0.1, -0.05) is 11.6 Å². The zero-order valence-corrected chi connectivity index (χ0v) is 17.9. The van der Waals surface area contributed by atoms with Crippen molar-refractivity contribution < 1.29 is 4.79 Å². The molecule has 0 fully saturated rings. The van der Waals surface area contributed by atoms with Crippen LogP contribution >= 0.6 is 0 Å². The number of aromatic nitrogens is 5. The Morgan fingerprint density at radius 1 is 1.00 bits per heavy atom. The van der Waals surface area contributed by atoms with Gasteiger partial charge in [0.25, 0.3) is 5.91 Å². The van der Waals surface area contributed by atoms with Crippen LogP contribution < -0.4 is 5.32 Å². The van der Waals surface area contributed by atoms with Gasteiger partial charge in [0.2, 0.25) is 5.82 Å². The van der Waals surface area contributed by atoms with E-state index in [1.807, 2.05) is 37.5 Å². The van der Waals surface area contributed by atoms with Gasteiger partial charge in [-0.2, -0.15) is 0 Å². The largest absolute Gasteiger partial charge is 0.346 e. The third-order valence-corrected chi connectivity index (χ3v) is 5.44. The fourth-order valence-electron chi connectivity index (χ4n) is 3.74. The first kappa shape index (κ1) is 19.8. The number of pyridine rings is 2. The number of carbonyl (C=O) groups is 1. The number of hydrogen-bond donors (Lipinski definition) is 2. The Balaban J connectivity index is 1.29. The molecule has 32 heavy (non-hydrogen) atoms. The van der Waals surface area contributed by atoms with E-state index in [1.165, 1.54) is 5.56 Å². The van der Waals surface area contributed by atoms with Crippen molar-refractivity contribution in [2.75, 3.05) is 0 Å². The highest BCUT2D eigenvalue weighted by Crippen LogP contribution is 2.18. The van der Waals surface area contributed by atoms with Crippen molar-refractivity contribution in [3.8, 4) is 0 Å². The van der Waals surface area contributed by atoms with E-state index in [4.69, 9.17) is 0 Å². The molecule has 1 aromatic carbocycles. The molecule has 0 bridgehead atoms. The van der Waals surface area contributed by atoms with Crippen LogP contribution in [0.3, 0.4) is 0 Å². The Morgan fingerprint density at radius 2 is 1.88 bits per heavy atom. The van der Waals surface area contributed by atoms with Crippen LogP contribution in [-0.2, 0) is 13.0 Å². The van der Waals surface area contributed by atoms with Crippen molar-refractivity contribution in [1.82, 2.24) is 30.2 Å². The van der Waals surface area contributed by atoms with Crippen LogP contribution in [0.5, 0.6) is 0 Å². The van der Waals surface area contributed by atoms with Gasteiger partial charge in [-0.05, 0) is 60.9 Å². The van der Waals surface area contributed by atoms with E-state index in [0.717, 1.165) is 44.3 Å². The summed E-state index contributed by atoms with van der Waals surface area (Å²) in [6.07, 6.45) is 7.72. The summed E-state index contributed by atoms with van der Waals surface area (Å²) in [6, 6.07) is 12.2. The smallest absolute Gasteiger partial charge is 0.289 e. The summed E-state index contributed by atoms with van der Waals surface area (Å²) in [7, 11) is 0. The lowest BCUT2D eigenvalue weighted by Gasteiger charge is -2.07. The lowest BCUT2D eigenvalue weighted by Crippen LogP contribution is -2.25. The predicted octanol–water partition coefficient (Wildman–Crippen LogP) is 4.04. The highest BCUT2D eigenvalue weighted by molar-refractivity contribution is 5.90. The maximum absolute atomic E-state index is 12.6. The summed E-state index contributed by atoms with van der Waals surface area (Å²) >= 11 is 0. The van der Waals surface area contributed by atoms with Crippen molar-refractivity contribution in [2.45, 2.75) is 26.8 Å². The number of aryl methyl sites for hydroxylation is 2. The number of hydrogen-bond acceptors (Lipinski definition) is 5. The molecule has 158 valence electrons. The summed E-state index contributed by atoms with van der Waals surface area (Å²) in [6.45, 7) is 4.44. The van der Waals surface area contributed by atoms with E-state index in [-0.39, 0.29) is 11.7 Å². The van der Waals surface area contributed by atoms with Crippen molar-refractivity contribution in [3.05, 3.63) is 95.0 Å². The lowest BCUT2D eigenvalue weighted by molar-refractivity contribution is 0.0940. The normalized spacial score (nSPS) is 11.2. The second-order valence-electron chi connectivity index (χ2n) is 7.98. The average Bonchev–Trinajstić information content (AvgIpc) is 3.17. The maximum Gasteiger partial charge on any atom is 0.289 e. The molecular formula is C25H22N6O. The van der Waals surface area contributed by atoms with E-state index < -0.39 is 0 Å².